The van der Waals surface area contributed by atoms with Crippen LogP contribution in [0.5, 0.6) is 0 Å². The molecule has 100 valence electrons. The number of allylic oxidation sites excluding steroid dienone is 1. The highest BCUT2D eigenvalue weighted by molar-refractivity contribution is 5.32. The molecule has 0 heterocycles. The maximum absolute atomic E-state index is 13.0. The maximum atomic E-state index is 13.0. The quantitative estimate of drug-likeness (QED) is 0.478. The van der Waals surface area contributed by atoms with Gasteiger partial charge in [-0.2, -0.15) is 13.2 Å². The second-order valence-corrected chi connectivity index (χ2v) is 3.96. The number of aliphatic hydroxyl groups excluding tert-OH is 1. The smallest absolute Gasteiger partial charge is 0.388 e. The van der Waals surface area contributed by atoms with Gasteiger partial charge in [0, 0.05) is 0 Å². The average Bonchev–Trinajstić information content (AvgIpc) is 2.27. The zero-order valence-corrected chi connectivity index (χ0v) is 9.67. The van der Waals surface area contributed by atoms with Crippen LogP contribution in [0.15, 0.2) is 30.9 Å². The molecular formula is C13H14F4O. The van der Waals surface area contributed by atoms with Crippen LogP contribution >= 0.6 is 0 Å². The summed E-state index contributed by atoms with van der Waals surface area (Å²) in [6.45, 7) is 3.48. The fraction of sp³-hybridized carbons (Fsp3) is 0.385. The van der Waals surface area contributed by atoms with Gasteiger partial charge in [0.15, 0.2) is 0 Å². The molecule has 1 atom stereocenters. The summed E-state index contributed by atoms with van der Waals surface area (Å²) < 4.78 is 51.0. The minimum Gasteiger partial charge on any atom is -0.388 e. The number of rotatable bonds is 5. The van der Waals surface area contributed by atoms with E-state index in [4.69, 9.17) is 0 Å². The van der Waals surface area contributed by atoms with Gasteiger partial charge in [-0.3, -0.25) is 0 Å². The first-order chi connectivity index (χ1) is 8.36. The molecule has 1 aromatic carbocycles. The normalized spacial score (nSPS) is 13.4. The summed E-state index contributed by atoms with van der Waals surface area (Å²) in [6, 6.07) is 2.13. The van der Waals surface area contributed by atoms with Crippen LogP contribution in [0, 0.1) is 5.82 Å². The first-order valence-corrected chi connectivity index (χ1v) is 5.52. The largest absolute Gasteiger partial charge is 0.416 e. The van der Waals surface area contributed by atoms with E-state index in [2.05, 4.69) is 6.58 Å². The molecule has 1 aromatic rings. The predicted octanol–water partition coefficient (Wildman–Crippen LogP) is 4.23. The molecule has 0 radical (unpaired) electrons. The van der Waals surface area contributed by atoms with Crippen LogP contribution in [-0.2, 0) is 6.18 Å². The highest BCUT2D eigenvalue weighted by atomic mass is 19.4. The third-order valence-corrected chi connectivity index (χ3v) is 2.56. The third-order valence-electron chi connectivity index (χ3n) is 2.56. The third kappa shape index (κ3) is 3.84. The molecule has 1 rings (SSSR count). The number of halogens is 4. The highest BCUT2D eigenvalue weighted by Crippen LogP contribution is 2.36. The lowest BCUT2D eigenvalue weighted by atomic mass is 9.98. The van der Waals surface area contributed by atoms with E-state index in [0.717, 1.165) is 12.1 Å². The molecule has 18 heavy (non-hydrogen) atoms. The number of hydrogen-bond donors (Lipinski definition) is 1. The molecule has 1 unspecified atom stereocenters. The molecule has 0 aromatic heterocycles. The van der Waals surface area contributed by atoms with E-state index >= 15 is 0 Å². The van der Waals surface area contributed by atoms with Crippen molar-refractivity contribution in [3.05, 3.63) is 47.8 Å². The van der Waals surface area contributed by atoms with Gasteiger partial charge in [0.1, 0.15) is 5.82 Å². The van der Waals surface area contributed by atoms with E-state index in [-0.39, 0.29) is 6.42 Å². The summed E-state index contributed by atoms with van der Waals surface area (Å²) in [7, 11) is 0. The van der Waals surface area contributed by atoms with Crippen molar-refractivity contribution in [2.75, 3.05) is 0 Å². The Morgan fingerprint density at radius 3 is 2.56 bits per heavy atom. The van der Waals surface area contributed by atoms with Crippen LogP contribution in [0.3, 0.4) is 0 Å². The number of aliphatic hydroxyl groups is 1. The molecule has 0 saturated heterocycles. The molecule has 0 amide bonds. The maximum Gasteiger partial charge on any atom is 0.416 e. The van der Waals surface area contributed by atoms with Crippen molar-refractivity contribution in [2.45, 2.75) is 31.5 Å². The second-order valence-electron chi connectivity index (χ2n) is 3.96. The van der Waals surface area contributed by atoms with Gasteiger partial charge in [-0.05, 0) is 43.0 Å². The summed E-state index contributed by atoms with van der Waals surface area (Å²) >= 11 is 0. The first kappa shape index (κ1) is 14.7. The zero-order valence-electron chi connectivity index (χ0n) is 9.67. The Morgan fingerprint density at radius 2 is 2.00 bits per heavy atom. The van der Waals surface area contributed by atoms with Crippen molar-refractivity contribution in [3.63, 3.8) is 0 Å². The Morgan fingerprint density at radius 1 is 1.33 bits per heavy atom. The van der Waals surface area contributed by atoms with Gasteiger partial charge in [-0.1, -0.05) is 6.08 Å². The topological polar surface area (TPSA) is 20.2 Å². The van der Waals surface area contributed by atoms with Crippen molar-refractivity contribution in [1.29, 1.82) is 0 Å². The highest BCUT2D eigenvalue weighted by Gasteiger charge is 2.35. The fourth-order valence-corrected chi connectivity index (χ4v) is 1.68. The van der Waals surface area contributed by atoms with Gasteiger partial charge in [0.05, 0.1) is 11.7 Å². The molecule has 1 N–H and O–H groups in total. The Bertz CT molecular complexity index is 412. The van der Waals surface area contributed by atoms with Gasteiger partial charge < -0.3 is 5.11 Å². The van der Waals surface area contributed by atoms with Gasteiger partial charge in [0.2, 0.25) is 0 Å². The zero-order chi connectivity index (χ0) is 13.8. The Hall–Kier alpha value is -1.36. The van der Waals surface area contributed by atoms with Gasteiger partial charge in [-0.15, -0.1) is 6.58 Å². The van der Waals surface area contributed by atoms with Gasteiger partial charge in [-0.25, -0.2) is 4.39 Å². The van der Waals surface area contributed by atoms with E-state index in [1.54, 1.807) is 6.08 Å². The van der Waals surface area contributed by atoms with Crippen molar-refractivity contribution >= 4 is 0 Å². The first-order valence-electron chi connectivity index (χ1n) is 5.52. The van der Waals surface area contributed by atoms with Gasteiger partial charge in [0.25, 0.3) is 0 Å². The average molecular weight is 262 g/mol. The van der Waals surface area contributed by atoms with Crippen molar-refractivity contribution in [2.24, 2.45) is 0 Å². The Kier molecular flexibility index (Phi) is 4.90. The van der Waals surface area contributed by atoms with Crippen molar-refractivity contribution < 1.29 is 22.7 Å². The molecule has 0 fully saturated rings. The summed E-state index contributed by atoms with van der Waals surface area (Å²) in [5, 5.41) is 9.71. The van der Waals surface area contributed by atoms with Crippen LogP contribution in [-0.4, -0.2) is 5.11 Å². The van der Waals surface area contributed by atoms with E-state index in [0.29, 0.717) is 18.9 Å². The number of alkyl halides is 3. The minimum absolute atomic E-state index is 0.137. The summed E-state index contributed by atoms with van der Waals surface area (Å²) in [5.41, 5.74) is -1.40. The molecule has 0 aliphatic rings. The van der Waals surface area contributed by atoms with Crippen LogP contribution in [0.1, 0.15) is 36.5 Å². The lowest BCUT2D eigenvalue weighted by Gasteiger charge is -2.17. The second kappa shape index (κ2) is 6.00. The van der Waals surface area contributed by atoms with E-state index in [1.807, 2.05) is 0 Å². The van der Waals surface area contributed by atoms with Crippen LogP contribution in [0.4, 0.5) is 17.6 Å². The molecule has 0 spiro atoms. The number of benzene rings is 1. The standard InChI is InChI=1S/C13H14F4O/c1-2-3-4-5-12(18)10-8-9(14)6-7-11(10)13(15,16)17/h2,6-8,12,18H,1,3-5H2. The Balaban J connectivity index is 2.98. The molecule has 0 aliphatic heterocycles. The molecule has 1 nitrogen and oxygen atoms in total. The van der Waals surface area contributed by atoms with Crippen molar-refractivity contribution in [3.8, 4) is 0 Å². The summed E-state index contributed by atoms with van der Waals surface area (Å²) in [5.74, 6) is -0.791. The Labute approximate surface area is 103 Å². The summed E-state index contributed by atoms with van der Waals surface area (Å²) in [6.07, 6.45) is -3.08. The molecular weight excluding hydrogens is 248 g/mol. The fourth-order valence-electron chi connectivity index (χ4n) is 1.68. The monoisotopic (exact) mass is 262 g/mol. The summed E-state index contributed by atoms with van der Waals surface area (Å²) in [4.78, 5) is 0. The van der Waals surface area contributed by atoms with E-state index < -0.39 is 29.2 Å². The molecule has 0 saturated carbocycles. The molecule has 0 bridgehead atoms. The lowest BCUT2D eigenvalue weighted by Crippen LogP contribution is -2.12. The lowest BCUT2D eigenvalue weighted by molar-refractivity contribution is -0.139. The SMILES string of the molecule is C=CCCCC(O)c1cc(F)ccc1C(F)(F)F. The van der Waals surface area contributed by atoms with E-state index in [9.17, 15) is 22.7 Å². The van der Waals surface area contributed by atoms with Crippen LogP contribution < -0.4 is 0 Å². The molecule has 0 aliphatic carbocycles. The van der Waals surface area contributed by atoms with Gasteiger partial charge >= 0.3 is 6.18 Å². The van der Waals surface area contributed by atoms with E-state index in [1.165, 1.54) is 0 Å². The minimum atomic E-state index is -4.59. The van der Waals surface area contributed by atoms with Crippen molar-refractivity contribution in [1.82, 2.24) is 0 Å². The van der Waals surface area contributed by atoms with Crippen LogP contribution in [0.2, 0.25) is 0 Å². The predicted molar refractivity (Wildman–Crippen MR) is 60.4 cm³/mol. The van der Waals surface area contributed by atoms with Crippen LogP contribution in [0.25, 0.3) is 0 Å². The number of unbranched alkanes of at least 4 members (excludes halogenated alkanes) is 1. The molecule has 5 heteroatoms. The number of hydrogen-bond acceptors (Lipinski definition) is 1.